The predicted molar refractivity (Wildman–Crippen MR) is 111 cm³/mol. The molecule has 26 heavy (non-hydrogen) atoms. The van der Waals surface area contributed by atoms with Gasteiger partial charge in [-0.2, -0.15) is 0 Å². The minimum absolute atomic E-state index is 0.548. The molecule has 7 heteroatoms. The largest absolute Gasteiger partial charge is 0.315 e. The van der Waals surface area contributed by atoms with Crippen LogP contribution in [0.2, 0.25) is 10.0 Å². The van der Waals surface area contributed by atoms with Crippen molar-refractivity contribution >= 4 is 44.8 Å². The Morgan fingerprint density at radius 3 is 2.81 bits per heavy atom. The molecule has 1 saturated heterocycles. The Labute approximate surface area is 171 Å². The third-order valence-electron chi connectivity index (χ3n) is 4.68. The summed E-state index contributed by atoms with van der Waals surface area (Å²) in [6.45, 7) is 5.05. The van der Waals surface area contributed by atoms with Gasteiger partial charge in [-0.3, -0.25) is 4.90 Å². The van der Waals surface area contributed by atoms with Crippen LogP contribution < -0.4 is 5.32 Å². The Morgan fingerprint density at radius 1 is 1.08 bits per heavy atom. The van der Waals surface area contributed by atoms with Crippen LogP contribution in [0.3, 0.4) is 0 Å². The third kappa shape index (κ3) is 3.78. The van der Waals surface area contributed by atoms with Gasteiger partial charge in [0.1, 0.15) is 5.65 Å². The van der Waals surface area contributed by atoms with E-state index in [4.69, 9.17) is 28.2 Å². The van der Waals surface area contributed by atoms with Crippen molar-refractivity contribution in [3.05, 3.63) is 56.7 Å². The first-order valence-corrected chi connectivity index (χ1v) is 10.2. The number of fused-ring (bicyclic) bond motifs is 1. The zero-order valence-electron chi connectivity index (χ0n) is 14.2. The second kappa shape index (κ2) is 7.87. The van der Waals surface area contributed by atoms with Crippen molar-refractivity contribution in [1.29, 1.82) is 0 Å². The molecule has 0 aliphatic carbocycles. The van der Waals surface area contributed by atoms with Crippen molar-refractivity contribution in [3.8, 4) is 11.3 Å². The highest BCUT2D eigenvalue weighted by molar-refractivity contribution is 9.10. The molecule has 3 aromatic rings. The van der Waals surface area contributed by atoms with E-state index in [0.29, 0.717) is 10.0 Å². The highest BCUT2D eigenvalue weighted by atomic mass is 79.9. The van der Waals surface area contributed by atoms with E-state index in [-0.39, 0.29) is 0 Å². The van der Waals surface area contributed by atoms with Crippen LogP contribution in [0.4, 0.5) is 0 Å². The molecule has 0 radical (unpaired) electrons. The number of nitrogens with zero attached hydrogens (tertiary/aromatic N) is 3. The van der Waals surface area contributed by atoms with Gasteiger partial charge in [-0.25, -0.2) is 4.98 Å². The van der Waals surface area contributed by atoms with Crippen molar-refractivity contribution in [2.24, 2.45) is 0 Å². The minimum atomic E-state index is 0.548. The number of rotatable bonds is 3. The summed E-state index contributed by atoms with van der Waals surface area (Å²) in [7, 11) is 0. The fourth-order valence-corrected chi connectivity index (χ4v) is 4.00. The van der Waals surface area contributed by atoms with Gasteiger partial charge in [0.05, 0.1) is 21.4 Å². The van der Waals surface area contributed by atoms with E-state index in [0.717, 1.165) is 60.5 Å². The predicted octanol–water partition coefficient (Wildman–Crippen LogP) is 4.87. The van der Waals surface area contributed by atoms with Gasteiger partial charge < -0.3 is 9.72 Å². The van der Waals surface area contributed by atoms with Crippen LogP contribution >= 0.6 is 39.1 Å². The number of halogens is 3. The van der Waals surface area contributed by atoms with Gasteiger partial charge in [0.2, 0.25) is 0 Å². The van der Waals surface area contributed by atoms with E-state index in [1.54, 1.807) is 0 Å². The molecular formula is C19H19BrCl2N4. The fourth-order valence-electron chi connectivity index (χ4n) is 3.36. The van der Waals surface area contributed by atoms with Gasteiger partial charge in [0.25, 0.3) is 0 Å². The van der Waals surface area contributed by atoms with E-state index in [2.05, 4.69) is 36.7 Å². The molecule has 3 heterocycles. The number of hydrogen-bond donors (Lipinski definition) is 1. The van der Waals surface area contributed by atoms with Gasteiger partial charge in [0, 0.05) is 35.9 Å². The summed E-state index contributed by atoms with van der Waals surface area (Å²) in [6.07, 6.45) is 3.23. The average Bonchev–Trinajstić information content (AvgIpc) is 2.80. The average molecular weight is 454 g/mol. The summed E-state index contributed by atoms with van der Waals surface area (Å²) < 4.78 is 3.20. The SMILES string of the molecule is Clc1ccc(-c2nc3ccc(Br)cn3c2CN2CCCNCC2)cc1Cl. The van der Waals surface area contributed by atoms with E-state index >= 15 is 0 Å². The van der Waals surface area contributed by atoms with Crippen molar-refractivity contribution in [1.82, 2.24) is 19.6 Å². The number of pyridine rings is 1. The maximum absolute atomic E-state index is 6.26. The molecule has 0 atom stereocenters. The monoisotopic (exact) mass is 452 g/mol. The van der Waals surface area contributed by atoms with E-state index in [1.165, 1.54) is 5.69 Å². The molecule has 0 saturated carbocycles. The van der Waals surface area contributed by atoms with Crippen molar-refractivity contribution in [2.45, 2.75) is 13.0 Å². The van der Waals surface area contributed by atoms with Crippen LogP contribution in [0, 0.1) is 0 Å². The number of nitrogens with one attached hydrogen (secondary N) is 1. The molecule has 1 fully saturated rings. The molecule has 4 rings (SSSR count). The number of imidazole rings is 1. The lowest BCUT2D eigenvalue weighted by Gasteiger charge is -2.20. The molecule has 4 nitrogen and oxygen atoms in total. The first kappa shape index (κ1) is 18.3. The van der Waals surface area contributed by atoms with Crippen molar-refractivity contribution in [3.63, 3.8) is 0 Å². The fraction of sp³-hybridized carbons (Fsp3) is 0.316. The summed E-state index contributed by atoms with van der Waals surface area (Å²) in [5.41, 5.74) is 4.04. The third-order valence-corrected chi connectivity index (χ3v) is 5.89. The van der Waals surface area contributed by atoms with Gasteiger partial charge in [0.15, 0.2) is 0 Å². The lowest BCUT2D eigenvalue weighted by Crippen LogP contribution is -2.28. The Kier molecular flexibility index (Phi) is 5.53. The van der Waals surface area contributed by atoms with Gasteiger partial charge in [-0.15, -0.1) is 0 Å². The van der Waals surface area contributed by atoms with E-state index < -0.39 is 0 Å². The van der Waals surface area contributed by atoms with E-state index in [1.807, 2.05) is 30.3 Å². The van der Waals surface area contributed by atoms with E-state index in [9.17, 15) is 0 Å². The number of hydrogen-bond acceptors (Lipinski definition) is 3. The Morgan fingerprint density at radius 2 is 1.96 bits per heavy atom. The van der Waals surface area contributed by atoms with Crippen molar-refractivity contribution in [2.75, 3.05) is 26.2 Å². The van der Waals surface area contributed by atoms with Crippen LogP contribution in [0.1, 0.15) is 12.1 Å². The minimum Gasteiger partial charge on any atom is -0.315 e. The lowest BCUT2D eigenvalue weighted by atomic mass is 10.1. The smallest absolute Gasteiger partial charge is 0.137 e. The molecule has 1 aromatic carbocycles. The molecule has 1 aliphatic heterocycles. The molecule has 0 spiro atoms. The van der Waals surface area contributed by atoms with Crippen LogP contribution in [0.25, 0.3) is 16.9 Å². The highest BCUT2D eigenvalue weighted by Gasteiger charge is 2.19. The number of benzene rings is 1. The Hall–Kier alpha value is -1.11. The van der Waals surface area contributed by atoms with Gasteiger partial charge in [-0.05, 0) is 59.7 Å². The molecule has 1 N–H and O–H groups in total. The maximum Gasteiger partial charge on any atom is 0.137 e. The maximum atomic E-state index is 6.26. The summed E-state index contributed by atoms with van der Waals surface area (Å²) in [4.78, 5) is 7.36. The summed E-state index contributed by atoms with van der Waals surface area (Å²) in [6, 6.07) is 9.75. The van der Waals surface area contributed by atoms with Gasteiger partial charge in [-0.1, -0.05) is 29.3 Å². The molecule has 0 bridgehead atoms. The standard InChI is InChI=1S/C19H19BrCl2N4/c20-14-3-5-18-24-19(13-2-4-15(21)16(22)10-13)17(26(18)11-14)12-25-8-1-6-23-7-9-25/h2-5,10-11,23H,1,6-9,12H2. The quantitative estimate of drug-likeness (QED) is 0.614. The van der Waals surface area contributed by atoms with Crippen LogP contribution in [0.15, 0.2) is 41.0 Å². The van der Waals surface area contributed by atoms with Crippen LogP contribution in [-0.2, 0) is 6.54 Å². The Balaban J connectivity index is 1.81. The second-order valence-corrected chi connectivity index (χ2v) is 8.22. The topological polar surface area (TPSA) is 32.6 Å². The summed E-state index contributed by atoms with van der Waals surface area (Å²) >= 11 is 15.9. The van der Waals surface area contributed by atoms with Gasteiger partial charge >= 0.3 is 0 Å². The molecule has 0 amide bonds. The molecule has 1 aliphatic rings. The zero-order chi connectivity index (χ0) is 18.1. The zero-order valence-corrected chi connectivity index (χ0v) is 17.3. The Bertz CT molecular complexity index is 933. The summed E-state index contributed by atoms with van der Waals surface area (Å²) in [5.74, 6) is 0. The first-order chi connectivity index (χ1) is 12.6. The molecule has 2 aromatic heterocycles. The molecule has 0 unspecified atom stereocenters. The normalized spacial score (nSPS) is 16.1. The highest BCUT2D eigenvalue weighted by Crippen LogP contribution is 2.31. The second-order valence-electron chi connectivity index (χ2n) is 6.49. The first-order valence-electron chi connectivity index (χ1n) is 8.67. The van der Waals surface area contributed by atoms with Crippen LogP contribution in [0.5, 0.6) is 0 Å². The molecule has 136 valence electrons. The van der Waals surface area contributed by atoms with Crippen molar-refractivity contribution < 1.29 is 0 Å². The summed E-state index contributed by atoms with van der Waals surface area (Å²) in [5, 5.41) is 4.57. The van der Waals surface area contributed by atoms with Crippen LogP contribution in [-0.4, -0.2) is 40.5 Å². The molecular weight excluding hydrogens is 435 g/mol. The lowest BCUT2D eigenvalue weighted by molar-refractivity contribution is 0.281. The number of aromatic nitrogens is 2.